The Balaban J connectivity index is 1.82. The first-order chi connectivity index (χ1) is 22.0. The molecule has 1 unspecified atom stereocenters. The topological polar surface area (TPSA) is 96.0 Å². The minimum atomic E-state index is -4.25. The second kappa shape index (κ2) is 15.8. The molecule has 0 fully saturated rings. The van der Waals surface area contributed by atoms with Crippen molar-refractivity contribution in [2.24, 2.45) is 5.92 Å². The molecule has 46 heavy (non-hydrogen) atoms. The van der Waals surface area contributed by atoms with E-state index in [0.717, 1.165) is 15.4 Å². The van der Waals surface area contributed by atoms with Crippen LogP contribution in [0.15, 0.2) is 108 Å². The largest absolute Gasteiger partial charge is 0.497 e. The molecule has 10 heteroatoms. The number of ether oxygens (including phenoxy) is 1. The van der Waals surface area contributed by atoms with Gasteiger partial charge in [-0.1, -0.05) is 97.7 Å². The molecular weight excluding hydrogens is 622 g/mol. The van der Waals surface area contributed by atoms with Gasteiger partial charge in [0.15, 0.2) is 0 Å². The number of hydrogen-bond donors (Lipinski definition) is 1. The molecule has 4 aromatic rings. The van der Waals surface area contributed by atoms with Crippen LogP contribution in [0.2, 0.25) is 5.02 Å². The molecule has 0 aromatic heterocycles. The van der Waals surface area contributed by atoms with Crippen molar-refractivity contribution in [1.29, 1.82) is 0 Å². The highest BCUT2D eigenvalue weighted by atomic mass is 35.5. The number of anilines is 1. The minimum Gasteiger partial charge on any atom is -0.497 e. The van der Waals surface area contributed by atoms with Crippen LogP contribution < -0.4 is 14.4 Å². The summed E-state index contributed by atoms with van der Waals surface area (Å²) in [6, 6.07) is 28.6. The fourth-order valence-electron chi connectivity index (χ4n) is 4.95. The van der Waals surface area contributed by atoms with E-state index >= 15 is 0 Å². The van der Waals surface area contributed by atoms with Crippen LogP contribution in [0.5, 0.6) is 5.75 Å². The van der Waals surface area contributed by atoms with Gasteiger partial charge in [-0.05, 0) is 60.4 Å². The summed E-state index contributed by atoms with van der Waals surface area (Å²) < 4.78 is 34.8. The first-order valence-electron chi connectivity index (χ1n) is 15.1. The molecule has 8 nitrogen and oxygen atoms in total. The molecule has 0 saturated heterocycles. The van der Waals surface area contributed by atoms with Crippen molar-refractivity contribution >= 4 is 39.1 Å². The molecule has 0 radical (unpaired) electrons. The van der Waals surface area contributed by atoms with Crippen molar-refractivity contribution in [3.05, 3.63) is 125 Å². The molecule has 0 aliphatic heterocycles. The van der Waals surface area contributed by atoms with E-state index < -0.39 is 28.5 Å². The van der Waals surface area contributed by atoms with Gasteiger partial charge in [0.25, 0.3) is 10.0 Å². The van der Waals surface area contributed by atoms with Crippen molar-refractivity contribution in [3.63, 3.8) is 0 Å². The fourth-order valence-corrected chi connectivity index (χ4v) is 6.67. The molecule has 0 aliphatic carbocycles. The van der Waals surface area contributed by atoms with E-state index in [-0.39, 0.29) is 40.4 Å². The Kier molecular flexibility index (Phi) is 11.8. The van der Waals surface area contributed by atoms with Gasteiger partial charge in [-0.3, -0.25) is 13.9 Å². The lowest BCUT2D eigenvalue weighted by Crippen LogP contribution is -2.53. The van der Waals surface area contributed by atoms with Crippen molar-refractivity contribution < 1.29 is 22.7 Å². The van der Waals surface area contributed by atoms with Crippen molar-refractivity contribution in [3.8, 4) is 5.75 Å². The van der Waals surface area contributed by atoms with E-state index in [2.05, 4.69) is 5.32 Å². The SMILES string of the molecule is COc1cccc(CN(C(=O)CN(c2ccccc2Cl)S(=O)(=O)c2ccc(C)cc2)C(Cc2ccccc2)C(=O)NCC(C)C)c1. The highest BCUT2D eigenvalue weighted by Crippen LogP contribution is 2.31. The molecule has 242 valence electrons. The summed E-state index contributed by atoms with van der Waals surface area (Å²) in [6.07, 6.45) is 0.220. The van der Waals surface area contributed by atoms with E-state index in [1.807, 2.05) is 57.2 Å². The molecular formula is C36H40ClN3O5S. The van der Waals surface area contributed by atoms with E-state index in [1.165, 1.54) is 17.0 Å². The maximum absolute atomic E-state index is 14.6. The van der Waals surface area contributed by atoms with Crippen LogP contribution in [0.25, 0.3) is 0 Å². The van der Waals surface area contributed by atoms with Crippen LogP contribution in [0.3, 0.4) is 0 Å². The van der Waals surface area contributed by atoms with Gasteiger partial charge in [0, 0.05) is 19.5 Å². The van der Waals surface area contributed by atoms with Crippen LogP contribution in [-0.2, 0) is 32.6 Å². The zero-order chi connectivity index (χ0) is 33.3. The zero-order valence-electron chi connectivity index (χ0n) is 26.5. The Hall–Kier alpha value is -4.34. The lowest BCUT2D eigenvalue weighted by molar-refractivity contribution is -0.140. The Morgan fingerprint density at radius 3 is 2.17 bits per heavy atom. The quantitative estimate of drug-likeness (QED) is 0.172. The molecule has 0 spiro atoms. The fraction of sp³-hybridized carbons (Fsp3) is 0.278. The standard InChI is InChI=1S/C36H40ClN3O5S/c1-26(2)23-38-36(42)34(22-28-11-6-5-7-12-28)39(24-29-13-10-14-30(21-29)45-4)35(41)25-40(33-16-9-8-15-32(33)37)46(43,44)31-19-17-27(3)18-20-31/h5-21,26,34H,22-25H2,1-4H3,(H,38,42). The lowest BCUT2D eigenvalue weighted by atomic mass is 10.0. The number of para-hydroxylation sites is 1. The summed E-state index contributed by atoms with van der Waals surface area (Å²) >= 11 is 6.55. The van der Waals surface area contributed by atoms with Crippen molar-refractivity contribution in [2.75, 3.05) is 24.5 Å². The van der Waals surface area contributed by atoms with Gasteiger partial charge in [0.2, 0.25) is 11.8 Å². The predicted octanol–water partition coefficient (Wildman–Crippen LogP) is 6.26. The zero-order valence-corrected chi connectivity index (χ0v) is 28.1. The third-order valence-corrected chi connectivity index (χ3v) is 9.55. The number of nitrogens with zero attached hydrogens (tertiary/aromatic N) is 2. The number of aryl methyl sites for hydroxylation is 1. The van der Waals surface area contributed by atoms with E-state index in [4.69, 9.17) is 16.3 Å². The summed E-state index contributed by atoms with van der Waals surface area (Å²) in [6.45, 7) is 5.70. The number of nitrogens with one attached hydrogen (secondary N) is 1. The highest BCUT2D eigenvalue weighted by Gasteiger charge is 2.35. The van der Waals surface area contributed by atoms with Crippen LogP contribution in [0, 0.1) is 12.8 Å². The summed E-state index contributed by atoms with van der Waals surface area (Å²) in [5.74, 6) is -0.133. The monoisotopic (exact) mass is 661 g/mol. The van der Waals surface area contributed by atoms with Gasteiger partial charge < -0.3 is 15.0 Å². The van der Waals surface area contributed by atoms with Gasteiger partial charge in [-0.25, -0.2) is 8.42 Å². The molecule has 0 bridgehead atoms. The van der Waals surface area contributed by atoms with Gasteiger partial charge in [0.05, 0.1) is 22.7 Å². The predicted molar refractivity (Wildman–Crippen MR) is 182 cm³/mol. The Morgan fingerprint density at radius 2 is 1.52 bits per heavy atom. The van der Waals surface area contributed by atoms with Gasteiger partial charge in [-0.15, -0.1) is 0 Å². The Morgan fingerprint density at radius 1 is 0.870 bits per heavy atom. The number of halogens is 1. The average molecular weight is 662 g/mol. The van der Waals surface area contributed by atoms with Gasteiger partial charge in [-0.2, -0.15) is 0 Å². The van der Waals surface area contributed by atoms with Crippen LogP contribution in [0.1, 0.15) is 30.5 Å². The summed E-state index contributed by atoms with van der Waals surface area (Å²) in [4.78, 5) is 29.9. The number of sulfonamides is 1. The maximum atomic E-state index is 14.6. The molecule has 4 aromatic carbocycles. The number of carbonyl (C=O) groups excluding carboxylic acids is 2. The molecule has 0 saturated carbocycles. The number of hydrogen-bond acceptors (Lipinski definition) is 5. The lowest BCUT2D eigenvalue weighted by Gasteiger charge is -2.34. The van der Waals surface area contributed by atoms with Crippen LogP contribution in [-0.4, -0.2) is 51.4 Å². The Labute approximate surface area is 277 Å². The van der Waals surface area contributed by atoms with Crippen LogP contribution >= 0.6 is 11.6 Å². The number of amides is 2. The van der Waals surface area contributed by atoms with E-state index in [9.17, 15) is 18.0 Å². The first kappa shape index (κ1) is 34.5. The van der Waals surface area contributed by atoms with Gasteiger partial charge in [0.1, 0.15) is 18.3 Å². The van der Waals surface area contributed by atoms with Gasteiger partial charge >= 0.3 is 0 Å². The molecule has 0 heterocycles. The van der Waals surface area contributed by atoms with Crippen molar-refractivity contribution in [1.82, 2.24) is 10.2 Å². The summed E-state index contributed by atoms with van der Waals surface area (Å²) in [5.41, 5.74) is 2.61. The third kappa shape index (κ3) is 8.89. The smallest absolute Gasteiger partial charge is 0.264 e. The van der Waals surface area contributed by atoms with Crippen LogP contribution in [0.4, 0.5) is 5.69 Å². The molecule has 2 amide bonds. The van der Waals surface area contributed by atoms with Crippen molar-refractivity contribution in [2.45, 2.75) is 44.7 Å². The highest BCUT2D eigenvalue weighted by molar-refractivity contribution is 7.92. The normalized spacial score (nSPS) is 12.0. The summed E-state index contributed by atoms with van der Waals surface area (Å²) in [7, 11) is -2.70. The molecule has 1 atom stereocenters. The number of benzene rings is 4. The number of carbonyl (C=O) groups is 2. The second-order valence-electron chi connectivity index (χ2n) is 11.5. The Bertz CT molecular complexity index is 1730. The molecule has 0 aliphatic rings. The third-order valence-electron chi connectivity index (χ3n) is 7.45. The van der Waals surface area contributed by atoms with E-state index in [1.54, 1.807) is 61.7 Å². The average Bonchev–Trinajstić information content (AvgIpc) is 3.05. The molecule has 1 N–H and O–H groups in total. The first-order valence-corrected chi connectivity index (χ1v) is 16.9. The second-order valence-corrected chi connectivity index (χ2v) is 13.8. The maximum Gasteiger partial charge on any atom is 0.264 e. The van der Waals surface area contributed by atoms with E-state index in [0.29, 0.717) is 17.9 Å². The summed E-state index contributed by atoms with van der Waals surface area (Å²) in [5, 5.41) is 3.16. The minimum absolute atomic E-state index is 0.0145. The number of rotatable bonds is 14. The molecule has 4 rings (SSSR count). The number of methoxy groups -OCH3 is 1.